The van der Waals surface area contributed by atoms with Gasteiger partial charge in [-0.15, -0.1) is 0 Å². The molecule has 80 valence electrons. The number of carbonyl (C=O) groups is 1. The van der Waals surface area contributed by atoms with Gasteiger partial charge < -0.3 is 9.47 Å². The van der Waals surface area contributed by atoms with E-state index in [0.29, 0.717) is 0 Å². The standard InChI is InChI=1S/C11H18O3/c1-4-10(12)14-9(3)6-7-11(5-2)8-13-11/h4,9H,1,5-8H2,2-3H3. The molecule has 1 aliphatic heterocycles. The van der Waals surface area contributed by atoms with Gasteiger partial charge in [0, 0.05) is 6.08 Å². The molecule has 0 spiro atoms. The number of ether oxygens (including phenoxy) is 2. The van der Waals surface area contributed by atoms with Gasteiger partial charge in [-0.05, 0) is 26.2 Å². The molecule has 0 aromatic heterocycles. The zero-order valence-corrected chi connectivity index (χ0v) is 8.91. The van der Waals surface area contributed by atoms with E-state index in [2.05, 4.69) is 13.5 Å². The second kappa shape index (κ2) is 4.60. The molecule has 0 radical (unpaired) electrons. The van der Waals surface area contributed by atoms with Crippen LogP contribution in [0.3, 0.4) is 0 Å². The molecular weight excluding hydrogens is 180 g/mol. The van der Waals surface area contributed by atoms with Gasteiger partial charge in [0.15, 0.2) is 0 Å². The van der Waals surface area contributed by atoms with Crippen LogP contribution in [0.4, 0.5) is 0 Å². The number of rotatable bonds is 6. The van der Waals surface area contributed by atoms with Gasteiger partial charge in [-0.25, -0.2) is 4.79 Å². The van der Waals surface area contributed by atoms with E-state index in [1.807, 2.05) is 6.92 Å². The highest BCUT2D eigenvalue weighted by molar-refractivity contribution is 5.81. The first-order chi connectivity index (χ1) is 6.62. The van der Waals surface area contributed by atoms with E-state index in [1.54, 1.807) is 0 Å². The van der Waals surface area contributed by atoms with Crippen molar-refractivity contribution in [3.05, 3.63) is 12.7 Å². The first-order valence-corrected chi connectivity index (χ1v) is 5.09. The maximum Gasteiger partial charge on any atom is 0.330 e. The second-order valence-electron chi connectivity index (χ2n) is 3.82. The SMILES string of the molecule is C=CC(=O)OC(C)CCC1(CC)CO1. The first-order valence-electron chi connectivity index (χ1n) is 5.09. The third-order valence-corrected chi connectivity index (χ3v) is 2.69. The van der Waals surface area contributed by atoms with Crippen molar-refractivity contribution in [2.45, 2.75) is 44.8 Å². The van der Waals surface area contributed by atoms with Crippen molar-refractivity contribution in [2.24, 2.45) is 0 Å². The molecule has 3 heteroatoms. The molecule has 0 bridgehead atoms. The molecule has 14 heavy (non-hydrogen) atoms. The molecule has 1 saturated heterocycles. The summed E-state index contributed by atoms with van der Waals surface area (Å²) in [6.07, 6.45) is 4.00. The van der Waals surface area contributed by atoms with Crippen LogP contribution in [0.25, 0.3) is 0 Å². The van der Waals surface area contributed by atoms with Crippen molar-refractivity contribution in [3.63, 3.8) is 0 Å². The Kier molecular flexibility index (Phi) is 3.69. The zero-order valence-electron chi connectivity index (χ0n) is 8.91. The molecular formula is C11H18O3. The molecule has 0 amide bonds. The van der Waals surface area contributed by atoms with E-state index in [9.17, 15) is 4.79 Å². The monoisotopic (exact) mass is 198 g/mol. The van der Waals surface area contributed by atoms with Crippen LogP contribution in [0.5, 0.6) is 0 Å². The topological polar surface area (TPSA) is 38.8 Å². The summed E-state index contributed by atoms with van der Waals surface area (Å²) in [4.78, 5) is 10.9. The van der Waals surface area contributed by atoms with Crippen molar-refractivity contribution >= 4 is 5.97 Å². The number of esters is 1. The van der Waals surface area contributed by atoms with Gasteiger partial charge >= 0.3 is 5.97 Å². The molecule has 0 aliphatic carbocycles. The van der Waals surface area contributed by atoms with Crippen LogP contribution in [0.2, 0.25) is 0 Å². The van der Waals surface area contributed by atoms with E-state index in [4.69, 9.17) is 9.47 Å². The van der Waals surface area contributed by atoms with E-state index in [1.165, 1.54) is 6.08 Å². The summed E-state index contributed by atoms with van der Waals surface area (Å²) < 4.78 is 10.4. The van der Waals surface area contributed by atoms with E-state index in [-0.39, 0.29) is 17.7 Å². The van der Waals surface area contributed by atoms with E-state index < -0.39 is 0 Å². The van der Waals surface area contributed by atoms with Crippen molar-refractivity contribution in [1.29, 1.82) is 0 Å². The Morgan fingerprint density at radius 2 is 2.43 bits per heavy atom. The van der Waals surface area contributed by atoms with Crippen LogP contribution in [0, 0.1) is 0 Å². The number of hydrogen-bond donors (Lipinski definition) is 0. The molecule has 0 saturated carbocycles. The van der Waals surface area contributed by atoms with E-state index >= 15 is 0 Å². The Morgan fingerprint density at radius 1 is 1.79 bits per heavy atom. The van der Waals surface area contributed by atoms with Crippen LogP contribution < -0.4 is 0 Å². The quantitative estimate of drug-likeness (QED) is 0.372. The van der Waals surface area contributed by atoms with Crippen LogP contribution in [-0.2, 0) is 14.3 Å². The molecule has 2 atom stereocenters. The molecule has 1 fully saturated rings. The summed E-state index contributed by atoms with van der Waals surface area (Å²) in [5.41, 5.74) is 0.0921. The summed E-state index contributed by atoms with van der Waals surface area (Å²) >= 11 is 0. The highest BCUT2D eigenvalue weighted by Crippen LogP contribution is 2.35. The Bertz CT molecular complexity index is 219. The first kappa shape index (κ1) is 11.2. The minimum Gasteiger partial charge on any atom is -0.460 e. The molecule has 3 nitrogen and oxygen atoms in total. The minimum atomic E-state index is -0.347. The second-order valence-corrected chi connectivity index (χ2v) is 3.82. The van der Waals surface area contributed by atoms with E-state index in [0.717, 1.165) is 25.9 Å². The predicted molar refractivity (Wildman–Crippen MR) is 54.0 cm³/mol. The lowest BCUT2D eigenvalue weighted by Crippen LogP contribution is -2.17. The zero-order chi connectivity index (χ0) is 10.6. The number of epoxide rings is 1. The normalized spacial score (nSPS) is 26.7. The number of carbonyl (C=O) groups excluding carboxylic acids is 1. The lowest BCUT2D eigenvalue weighted by Gasteiger charge is -2.14. The Balaban J connectivity index is 2.17. The summed E-state index contributed by atoms with van der Waals surface area (Å²) in [6.45, 7) is 8.22. The molecule has 2 unspecified atom stereocenters. The summed E-state index contributed by atoms with van der Waals surface area (Å²) in [5, 5.41) is 0. The molecule has 1 aliphatic rings. The molecule has 0 N–H and O–H groups in total. The lowest BCUT2D eigenvalue weighted by atomic mass is 10.00. The summed E-state index contributed by atoms with van der Waals surface area (Å²) in [6, 6.07) is 0. The van der Waals surface area contributed by atoms with Gasteiger partial charge in [-0.3, -0.25) is 0 Å². The van der Waals surface area contributed by atoms with Crippen LogP contribution in [0.1, 0.15) is 33.1 Å². The van der Waals surface area contributed by atoms with Gasteiger partial charge in [0.25, 0.3) is 0 Å². The predicted octanol–water partition coefficient (Wildman–Crippen LogP) is 2.06. The highest BCUT2D eigenvalue weighted by Gasteiger charge is 2.42. The van der Waals surface area contributed by atoms with Crippen LogP contribution in [0.15, 0.2) is 12.7 Å². The lowest BCUT2D eigenvalue weighted by molar-refractivity contribution is -0.142. The smallest absolute Gasteiger partial charge is 0.330 e. The van der Waals surface area contributed by atoms with Gasteiger partial charge in [0.05, 0.1) is 18.3 Å². The largest absolute Gasteiger partial charge is 0.460 e. The third kappa shape index (κ3) is 3.14. The maximum atomic E-state index is 10.9. The fourth-order valence-corrected chi connectivity index (χ4v) is 1.40. The fraction of sp³-hybridized carbons (Fsp3) is 0.727. The Morgan fingerprint density at radius 3 is 2.86 bits per heavy atom. The van der Waals surface area contributed by atoms with Gasteiger partial charge in [-0.2, -0.15) is 0 Å². The van der Waals surface area contributed by atoms with Gasteiger partial charge in [0.2, 0.25) is 0 Å². The molecule has 0 aromatic rings. The van der Waals surface area contributed by atoms with Gasteiger partial charge in [-0.1, -0.05) is 13.5 Å². The molecule has 1 rings (SSSR count). The van der Waals surface area contributed by atoms with Crippen molar-refractivity contribution in [3.8, 4) is 0 Å². The van der Waals surface area contributed by atoms with Crippen LogP contribution >= 0.6 is 0 Å². The average Bonchev–Trinajstić information content (AvgIpc) is 2.95. The summed E-state index contributed by atoms with van der Waals surface area (Å²) in [7, 11) is 0. The number of hydrogen-bond acceptors (Lipinski definition) is 3. The third-order valence-electron chi connectivity index (χ3n) is 2.69. The molecule has 0 aromatic carbocycles. The Labute approximate surface area is 85.1 Å². The summed E-state index contributed by atoms with van der Waals surface area (Å²) in [5.74, 6) is -0.347. The average molecular weight is 198 g/mol. The minimum absolute atomic E-state index is 0.0480. The Hall–Kier alpha value is -0.830. The van der Waals surface area contributed by atoms with Crippen molar-refractivity contribution in [2.75, 3.05) is 6.61 Å². The molecule has 1 heterocycles. The fourth-order valence-electron chi connectivity index (χ4n) is 1.40. The maximum absolute atomic E-state index is 10.9. The highest BCUT2D eigenvalue weighted by atomic mass is 16.6. The van der Waals surface area contributed by atoms with Gasteiger partial charge in [0.1, 0.15) is 0 Å². The van der Waals surface area contributed by atoms with Crippen molar-refractivity contribution in [1.82, 2.24) is 0 Å². The van der Waals surface area contributed by atoms with Crippen molar-refractivity contribution < 1.29 is 14.3 Å². The van der Waals surface area contributed by atoms with Crippen LogP contribution in [-0.4, -0.2) is 24.3 Å².